The van der Waals surface area contributed by atoms with Crippen molar-refractivity contribution in [2.75, 3.05) is 5.73 Å². The standard InChI is InChI=1S/C15H21N5/c1-10-7-11(2)13(16)8-12(10)14-17-18-19-20(14)9-15(3)5-4-6-15/h7-8H,4-6,9,16H2,1-3H3. The van der Waals surface area contributed by atoms with E-state index in [-0.39, 0.29) is 0 Å². The molecule has 5 heteroatoms. The molecule has 1 aliphatic rings. The lowest BCUT2D eigenvalue weighted by atomic mass is 9.70. The molecule has 0 bridgehead atoms. The molecule has 0 amide bonds. The molecular formula is C15H21N5. The van der Waals surface area contributed by atoms with Gasteiger partial charge in [-0.3, -0.25) is 0 Å². The van der Waals surface area contributed by atoms with Crippen LogP contribution in [0.15, 0.2) is 12.1 Å². The Morgan fingerprint density at radius 1 is 1.25 bits per heavy atom. The molecule has 5 nitrogen and oxygen atoms in total. The first kappa shape index (κ1) is 13.1. The van der Waals surface area contributed by atoms with Gasteiger partial charge in [0.2, 0.25) is 0 Å². The van der Waals surface area contributed by atoms with Crippen LogP contribution in [0.3, 0.4) is 0 Å². The van der Waals surface area contributed by atoms with Gasteiger partial charge in [-0.05, 0) is 59.7 Å². The third kappa shape index (κ3) is 2.17. The monoisotopic (exact) mass is 271 g/mol. The quantitative estimate of drug-likeness (QED) is 0.871. The van der Waals surface area contributed by atoms with Crippen molar-refractivity contribution in [1.29, 1.82) is 0 Å². The number of nitrogen functional groups attached to an aromatic ring is 1. The number of hydrogen-bond acceptors (Lipinski definition) is 4. The fraction of sp³-hybridized carbons (Fsp3) is 0.533. The largest absolute Gasteiger partial charge is 0.398 e. The molecule has 0 spiro atoms. The Kier molecular flexibility index (Phi) is 3.00. The van der Waals surface area contributed by atoms with E-state index < -0.39 is 0 Å². The van der Waals surface area contributed by atoms with Gasteiger partial charge < -0.3 is 5.73 Å². The van der Waals surface area contributed by atoms with Gasteiger partial charge in [0.05, 0.1) is 6.54 Å². The van der Waals surface area contributed by atoms with Crippen molar-refractivity contribution in [2.24, 2.45) is 5.41 Å². The molecule has 2 N–H and O–H groups in total. The minimum atomic E-state index is 0.342. The van der Waals surface area contributed by atoms with Crippen LogP contribution in [0.1, 0.15) is 37.3 Å². The van der Waals surface area contributed by atoms with Crippen LogP contribution in [-0.4, -0.2) is 20.2 Å². The highest BCUT2D eigenvalue weighted by Crippen LogP contribution is 2.42. The van der Waals surface area contributed by atoms with Gasteiger partial charge in [0, 0.05) is 11.3 Å². The van der Waals surface area contributed by atoms with Gasteiger partial charge in [-0.25, -0.2) is 4.68 Å². The van der Waals surface area contributed by atoms with Crippen molar-refractivity contribution < 1.29 is 0 Å². The predicted octanol–water partition coefficient (Wildman–Crippen LogP) is 2.73. The van der Waals surface area contributed by atoms with Crippen LogP contribution in [0.25, 0.3) is 11.4 Å². The van der Waals surface area contributed by atoms with E-state index >= 15 is 0 Å². The highest BCUT2D eigenvalue weighted by molar-refractivity contribution is 5.67. The predicted molar refractivity (Wildman–Crippen MR) is 79.1 cm³/mol. The number of tetrazole rings is 1. The van der Waals surface area contributed by atoms with E-state index in [1.54, 1.807) is 0 Å². The lowest BCUT2D eigenvalue weighted by Crippen LogP contribution is -2.31. The molecule has 0 aliphatic heterocycles. The van der Waals surface area contributed by atoms with E-state index in [1.165, 1.54) is 19.3 Å². The van der Waals surface area contributed by atoms with Crippen molar-refractivity contribution in [3.63, 3.8) is 0 Å². The highest BCUT2D eigenvalue weighted by atomic mass is 15.5. The third-order valence-corrected chi connectivity index (χ3v) is 4.48. The lowest BCUT2D eigenvalue weighted by Gasteiger charge is -2.38. The molecule has 1 aromatic heterocycles. The van der Waals surface area contributed by atoms with Gasteiger partial charge in [-0.1, -0.05) is 19.4 Å². The average Bonchev–Trinajstić information content (AvgIpc) is 2.80. The zero-order chi connectivity index (χ0) is 14.3. The normalized spacial score (nSPS) is 16.9. The van der Waals surface area contributed by atoms with Gasteiger partial charge in [0.25, 0.3) is 0 Å². The highest BCUT2D eigenvalue weighted by Gasteiger charge is 2.33. The molecule has 0 saturated heterocycles. The van der Waals surface area contributed by atoms with Gasteiger partial charge in [0.1, 0.15) is 0 Å². The van der Waals surface area contributed by atoms with E-state index in [4.69, 9.17) is 5.73 Å². The van der Waals surface area contributed by atoms with Gasteiger partial charge in [-0.15, -0.1) is 5.10 Å². The molecule has 0 radical (unpaired) electrons. The summed E-state index contributed by atoms with van der Waals surface area (Å²) < 4.78 is 1.93. The maximum Gasteiger partial charge on any atom is 0.182 e. The number of nitrogens with zero attached hydrogens (tertiary/aromatic N) is 4. The summed E-state index contributed by atoms with van der Waals surface area (Å²) in [5.74, 6) is 0.822. The summed E-state index contributed by atoms with van der Waals surface area (Å²) in [7, 11) is 0. The summed E-state index contributed by atoms with van der Waals surface area (Å²) in [5.41, 5.74) is 10.4. The van der Waals surface area contributed by atoms with Crippen LogP contribution in [0, 0.1) is 19.3 Å². The number of aromatic nitrogens is 4. The molecule has 1 heterocycles. The summed E-state index contributed by atoms with van der Waals surface area (Å²) in [6.07, 6.45) is 3.81. The van der Waals surface area contributed by atoms with Crippen LogP contribution in [0.2, 0.25) is 0 Å². The van der Waals surface area contributed by atoms with Crippen molar-refractivity contribution in [1.82, 2.24) is 20.2 Å². The molecule has 1 fully saturated rings. The molecule has 2 aromatic rings. The smallest absolute Gasteiger partial charge is 0.182 e. The minimum absolute atomic E-state index is 0.342. The number of hydrogen-bond donors (Lipinski definition) is 1. The second-order valence-electron chi connectivity index (χ2n) is 6.35. The first-order valence-electron chi connectivity index (χ1n) is 7.12. The fourth-order valence-corrected chi connectivity index (χ4v) is 2.91. The van der Waals surface area contributed by atoms with Crippen LogP contribution < -0.4 is 5.73 Å². The molecule has 1 saturated carbocycles. The number of rotatable bonds is 3. The molecule has 1 aromatic carbocycles. The molecule has 0 unspecified atom stereocenters. The molecule has 1 aliphatic carbocycles. The molecule has 0 atom stereocenters. The van der Waals surface area contributed by atoms with Crippen LogP contribution in [0.4, 0.5) is 5.69 Å². The Bertz CT molecular complexity index is 640. The zero-order valence-corrected chi connectivity index (χ0v) is 12.3. The summed E-state index contributed by atoms with van der Waals surface area (Å²) in [6, 6.07) is 4.07. The Labute approximate surface area is 119 Å². The van der Waals surface area contributed by atoms with E-state index in [9.17, 15) is 0 Å². The number of nitrogens with two attached hydrogens (primary N) is 1. The molecular weight excluding hydrogens is 250 g/mol. The molecule has 106 valence electrons. The lowest BCUT2D eigenvalue weighted by molar-refractivity contribution is 0.126. The van der Waals surface area contributed by atoms with E-state index in [0.29, 0.717) is 5.41 Å². The Hall–Kier alpha value is -1.91. The van der Waals surface area contributed by atoms with E-state index in [1.807, 2.05) is 17.7 Å². The minimum Gasteiger partial charge on any atom is -0.398 e. The van der Waals surface area contributed by atoms with Gasteiger partial charge in [0.15, 0.2) is 5.82 Å². The maximum absolute atomic E-state index is 6.03. The SMILES string of the molecule is Cc1cc(C)c(-c2nnnn2CC2(C)CCC2)cc1N. The number of aryl methyl sites for hydroxylation is 2. The number of anilines is 1. The Morgan fingerprint density at radius 2 is 2.00 bits per heavy atom. The summed E-state index contributed by atoms with van der Waals surface area (Å²) in [6.45, 7) is 7.28. The second kappa shape index (κ2) is 4.58. The second-order valence-corrected chi connectivity index (χ2v) is 6.35. The molecule has 20 heavy (non-hydrogen) atoms. The topological polar surface area (TPSA) is 69.6 Å². The van der Waals surface area contributed by atoms with E-state index in [2.05, 4.69) is 35.4 Å². The van der Waals surface area contributed by atoms with Gasteiger partial charge >= 0.3 is 0 Å². The van der Waals surface area contributed by atoms with Gasteiger partial charge in [-0.2, -0.15) is 0 Å². The third-order valence-electron chi connectivity index (χ3n) is 4.48. The van der Waals surface area contributed by atoms with Crippen molar-refractivity contribution in [2.45, 2.75) is 46.6 Å². The summed E-state index contributed by atoms with van der Waals surface area (Å²) in [5, 5.41) is 12.2. The molecule has 3 rings (SSSR count). The first-order chi connectivity index (χ1) is 9.48. The summed E-state index contributed by atoms with van der Waals surface area (Å²) in [4.78, 5) is 0. The van der Waals surface area contributed by atoms with Crippen molar-refractivity contribution in [3.05, 3.63) is 23.3 Å². The fourth-order valence-electron chi connectivity index (χ4n) is 2.91. The average molecular weight is 271 g/mol. The number of benzene rings is 1. The zero-order valence-electron chi connectivity index (χ0n) is 12.3. The van der Waals surface area contributed by atoms with Crippen LogP contribution in [0.5, 0.6) is 0 Å². The van der Waals surface area contributed by atoms with Crippen molar-refractivity contribution >= 4 is 5.69 Å². The Morgan fingerprint density at radius 3 is 2.65 bits per heavy atom. The van der Waals surface area contributed by atoms with Crippen LogP contribution >= 0.6 is 0 Å². The van der Waals surface area contributed by atoms with Crippen molar-refractivity contribution in [3.8, 4) is 11.4 Å². The maximum atomic E-state index is 6.03. The summed E-state index contributed by atoms with van der Waals surface area (Å²) >= 11 is 0. The first-order valence-corrected chi connectivity index (χ1v) is 7.12. The van der Waals surface area contributed by atoms with E-state index in [0.717, 1.165) is 34.7 Å². The van der Waals surface area contributed by atoms with Crippen LogP contribution in [-0.2, 0) is 6.54 Å². The Balaban J connectivity index is 1.99.